The lowest BCUT2D eigenvalue weighted by atomic mass is 9.73. The predicted octanol–water partition coefficient (Wildman–Crippen LogP) is 1.81. The molecular formula is C18H28N4O3S. The lowest BCUT2D eigenvalue weighted by Gasteiger charge is -2.49. The standard InChI is InChI=1S/C18H28N4O3S/c1-13(2)22-12-18(8-6-16(22)23)7-5-9-21(11-18)17-15(26(4,24)25)10-19-14(3)20-17/h10,13H,5-9,11-12H2,1-4H3. The molecule has 1 spiro atoms. The van der Waals surface area contributed by atoms with Crippen molar-refractivity contribution < 1.29 is 13.2 Å². The second kappa shape index (κ2) is 6.79. The molecule has 26 heavy (non-hydrogen) atoms. The van der Waals surface area contributed by atoms with E-state index in [1.54, 1.807) is 6.92 Å². The van der Waals surface area contributed by atoms with Crippen LogP contribution in [0.2, 0.25) is 0 Å². The van der Waals surface area contributed by atoms with E-state index in [4.69, 9.17) is 0 Å². The van der Waals surface area contributed by atoms with Crippen LogP contribution in [0.4, 0.5) is 5.82 Å². The first-order valence-electron chi connectivity index (χ1n) is 9.19. The van der Waals surface area contributed by atoms with E-state index < -0.39 is 9.84 Å². The molecule has 0 bridgehead atoms. The van der Waals surface area contributed by atoms with Crippen molar-refractivity contribution in [2.24, 2.45) is 5.41 Å². The molecular weight excluding hydrogens is 352 g/mol. The average Bonchev–Trinajstić information content (AvgIpc) is 2.56. The summed E-state index contributed by atoms with van der Waals surface area (Å²) >= 11 is 0. The van der Waals surface area contributed by atoms with Crippen molar-refractivity contribution in [3.05, 3.63) is 12.0 Å². The molecule has 0 radical (unpaired) electrons. The zero-order valence-corrected chi connectivity index (χ0v) is 16.8. The van der Waals surface area contributed by atoms with Crippen LogP contribution >= 0.6 is 0 Å². The predicted molar refractivity (Wildman–Crippen MR) is 99.8 cm³/mol. The number of anilines is 1. The summed E-state index contributed by atoms with van der Waals surface area (Å²) in [6, 6.07) is 0.183. The van der Waals surface area contributed by atoms with Gasteiger partial charge in [0.15, 0.2) is 15.7 Å². The molecule has 2 saturated heterocycles. The SMILES string of the molecule is Cc1ncc(S(C)(=O)=O)c(N2CCCC3(CCC(=O)N(C(C)C)C3)C2)n1. The molecule has 1 atom stereocenters. The van der Waals surface area contributed by atoms with Gasteiger partial charge in [-0.1, -0.05) is 0 Å². The van der Waals surface area contributed by atoms with Crippen LogP contribution in [0.1, 0.15) is 45.4 Å². The van der Waals surface area contributed by atoms with E-state index in [2.05, 4.69) is 14.9 Å². The maximum absolute atomic E-state index is 12.3. The van der Waals surface area contributed by atoms with Gasteiger partial charge in [-0.15, -0.1) is 0 Å². The molecule has 8 heteroatoms. The van der Waals surface area contributed by atoms with Crippen molar-refractivity contribution >= 4 is 21.6 Å². The quantitative estimate of drug-likeness (QED) is 0.795. The molecule has 1 amide bonds. The van der Waals surface area contributed by atoms with Gasteiger partial charge in [0.2, 0.25) is 5.91 Å². The van der Waals surface area contributed by atoms with Gasteiger partial charge in [-0.2, -0.15) is 0 Å². The van der Waals surface area contributed by atoms with Crippen molar-refractivity contribution in [3.8, 4) is 0 Å². The molecule has 1 unspecified atom stereocenters. The molecule has 1 aromatic heterocycles. The summed E-state index contributed by atoms with van der Waals surface area (Å²) in [6.45, 7) is 8.10. The van der Waals surface area contributed by atoms with Crippen LogP contribution in [0, 0.1) is 12.3 Å². The topological polar surface area (TPSA) is 83.5 Å². The monoisotopic (exact) mass is 380 g/mol. The van der Waals surface area contributed by atoms with Gasteiger partial charge < -0.3 is 9.80 Å². The Morgan fingerprint density at radius 2 is 1.96 bits per heavy atom. The Hall–Kier alpha value is -1.70. The van der Waals surface area contributed by atoms with Crippen LogP contribution in [0.5, 0.6) is 0 Å². The van der Waals surface area contributed by atoms with Gasteiger partial charge in [0.1, 0.15) is 10.7 Å². The number of hydrogen-bond acceptors (Lipinski definition) is 6. The minimum Gasteiger partial charge on any atom is -0.355 e. The third-order valence-corrected chi connectivity index (χ3v) is 6.62. The van der Waals surface area contributed by atoms with E-state index in [1.165, 1.54) is 12.5 Å². The number of hydrogen-bond donors (Lipinski definition) is 0. The minimum atomic E-state index is -3.41. The molecule has 1 aromatic rings. The highest BCUT2D eigenvalue weighted by atomic mass is 32.2. The second-order valence-electron chi connectivity index (χ2n) is 8.02. The first-order valence-corrected chi connectivity index (χ1v) is 11.1. The van der Waals surface area contributed by atoms with E-state index in [1.807, 2.05) is 18.7 Å². The highest BCUT2D eigenvalue weighted by molar-refractivity contribution is 7.90. The molecule has 7 nitrogen and oxygen atoms in total. The zero-order valence-electron chi connectivity index (χ0n) is 16.0. The maximum atomic E-state index is 12.3. The number of rotatable bonds is 3. The van der Waals surface area contributed by atoms with Crippen LogP contribution < -0.4 is 4.90 Å². The van der Waals surface area contributed by atoms with Gasteiger partial charge in [0.25, 0.3) is 0 Å². The molecule has 3 rings (SSSR count). The summed E-state index contributed by atoms with van der Waals surface area (Å²) in [7, 11) is -3.41. The van der Waals surface area contributed by atoms with Crippen molar-refractivity contribution in [2.45, 2.75) is 57.4 Å². The molecule has 0 saturated carbocycles. The van der Waals surface area contributed by atoms with Gasteiger partial charge >= 0.3 is 0 Å². The van der Waals surface area contributed by atoms with Crippen LogP contribution in [-0.4, -0.2) is 61.1 Å². The summed E-state index contributed by atoms with van der Waals surface area (Å²) in [5.41, 5.74) is 0.00403. The molecule has 0 aliphatic carbocycles. The summed E-state index contributed by atoms with van der Waals surface area (Å²) in [4.78, 5) is 25.0. The normalized spacial score (nSPS) is 24.6. The number of nitrogens with zero attached hydrogens (tertiary/aromatic N) is 4. The summed E-state index contributed by atoms with van der Waals surface area (Å²) < 4.78 is 24.4. The Kier molecular flexibility index (Phi) is 4.98. The van der Waals surface area contributed by atoms with Crippen LogP contribution in [0.3, 0.4) is 0 Å². The number of likely N-dealkylation sites (tertiary alicyclic amines) is 1. The maximum Gasteiger partial charge on any atom is 0.222 e. The van der Waals surface area contributed by atoms with E-state index in [9.17, 15) is 13.2 Å². The third-order valence-electron chi connectivity index (χ3n) is 5.54. The number of carbonyl (C=O) groups excluding carboxylic acids is 1. The Morgan fingerprint density at radius 1 is 1.23 bits per heavy atom. The number of amides is 1. The summed E-state index contributed by atoms with van der Waals surface area (Å²) in [6.07, 6.45) is 6.05. The van der Waals surface area contributed by atoms with Crippen molar-refractivity contribution in [3.63, 3.8) is 0 Å². The first-order chi connectivity index (χ1) is 12.1. The fourth-order valence-corrected chi connectivity index (χ4v) is 4.92. The number of aryl methyl sites for hydroxylation is 1. The molecule has 144 valence electrons. The zero-order chi connectivity index (χ0) is 19.1. The average molecular weight is 381 g/mol. The van der Waals surface area contributed by atoms with Gasteiger partial charge in [0, 0.05) is 43.8 Å². The number of sulfone groups is 1. The highest BCUT2D eigenvalue weighted by Gasteiger charge is 2.43. The Bertz CT molecular complexity index is 809. The smallest absolute Gasteiger partial charge is 0.222 e. The van der Waals surface area contributed by atoms with E-state index >= 15 is 0 Å². The van der Waals surface area contributed by atoms with Crippen LogP contribution in [0.25, 0.3) is 0 Å². The number of aromatic nitrogens is 2. The molecule has 2 aliphatic rings. The van der Waals surface area contributed by atoms with Gasteiger partial charge in [-0.05, 0) is 40.0 Å². The fourth-order valence-electron chi connectivity index (χ4n) is 4.17. The third kappa shape index (κ3) is 3.70. The van der Waals surface area contributed by atoms with Crippen molar-refractivity contribution in [1.29, 1.82) is 0 Å². The van der Waals surface area contributed by atoms with E-state index in [0.29, 0.717) is 18.1 Å². The lowest BCUT2D eigenvalue weighted by Crippen LogP contribution is -2.56. The molecule has 2 fully saturated rings. The summed E-state index contributed by atoms with van der Waals surface area (Å²) in [5, 5.41) is 0. The van der Waals surface area contributed by atoms with Gasteiger partial charge in [-0.25, -0.2) is 18.4 Å². The summed E-state index contributed by atoms with van der Waals surface area (Å²) in [5.74, 6) is 1.29. The fraction of sp³-hybridized carbons (Fsp3) is 0.722. The Morgan fingerprint density at radius 3 is 2.62 bits per heavy atom. The molecule has 0 N–H and O–H groups in total. The van der Waals surface area contributed by atoms with Gasteiger partial charge in [-0.3, -0.25) is 4.79 Å². The van der Waals surface area contributed by atoms with E-state index in [0.717, 1.165) is 38.9 Å². The molecule has 2 aliphatic heterocycles. The van der Waals surface area contributed by atoms with Gasteiger partial charge in [0.05, 0.1) is 6.20 Å². The van der Waals surface area contributed by atoms with Crippen LogP contribution in [0.15, 0.2) is 11.1 Å². The largest absolute Gasteiger partial charge is 0.355 e. The lowest BCUT2D eigenvalue weighted by molar-refractivity contribution is -0.140. The second-order valence-corrected chi connectivity index (χ2v) is 10.0. The Labute approximate surface area is 155 Å². The van der Waals surface area contributed by atoms with Crippen LogP contribution in [-0.2, 0) is 14.6 Å². The number of piperidine rings is 2. The molecule has 0 aromatic carbocycles. The Balaban J connectivity index is 1.92. The molecule has 3 heterocycles. The van der Waals surface area contributed by atoms with E-state index in [-0.39, 0.29) is 22.3 Å². The first kappa shape index (κ1) is 19.1. The van der Waals surface area contributed by atoms with Crippen molar-refractivity contribution in [1.82, 2.24) is 14.9 Å². The van der Waals surface area contributed by atoms with Crippen molar-refractivity contribution in [2.75, 3.05) is 30.8 Å². The number of carbonyl (C=O) groups is 1. The highest BCUT2D eigenvalue weighted by Crippen LogP contribution is 2.41. The minimum absolute atomic E-state index is 0.00403.